The third kappa shape index (κ3) is 7.49. The Morgan fingerprint density at radius 2 is 1.74 bits per heavy atom. The molecule has 0 unspecified atom stereocenters. The number of benzene rings is 1. The second-order valence-corrected chi connectivity index (χ2v) is 7.71. The Balaban J connectivity index is 1.74. The van der Waals surface area contributed by atoms with Crippen LogP contribution in [0, 0.1) is 0 Å². The summed E-state index contributed by atoms with van der Waals surface area (Å²) in [5.74, 6) is -0.477. The van der Waals surface area contributed by atoms with E-state index in [4.69, 9.17) is 4.74 Å². The van der Waals surface area contributed by atoms with Gasteiger partial charge < -0.3 is 20.7 Å². The summed E-state index contributed by atoms with van der Waals surface area (Å²) in [6, 6.07) is 10.7. The fraction of sp³-hybridized carbons (Fsp3) is 0.316. The zero-order valence-corrected chi connectivity index (χ0v) is 16.3. The third-order valence-electron chi connectivity index (χ3n) is 3.24. The maximum atomic E-state index is 12.0. The van der Waals surface area contributed by atoms with Crippen molar-refractivity contribution in [2.24, 2.45) is 0 Å². The molecule has 0 bridgehead atoms. The summed E-state index contributed by atoms with van der Waals surface area (Å²) in [6.45, 7) is 5.40. The van der Waals surface area contributed by atoms with Gasteiger partial charge in [0.05, 0.1) is 4.88 Å². The van der Waals surface area contributed by atoms with Crippen LogP contribution in [0.25, 0.3) is 0 Å². The van der Waals surface area contributed by atoms with Gasteiger partial charge in [-0.15, -0.1) is 11.3 Å². The number of hydrogen-bond donors (Lipinski definition) is 3. The van der Waals surface area contributed by atoms with E-state index in [9.17, 15) is 14.4 Å². The summed E-state index contributed by atoms with van der Waals surface area (Å²) in [5, 5.41) is 9.76. The molecular formula is C19H23N3O4S. The van der Waals surface area contributed by atoms with E-state index in [0.29, 0.717) is 17.1 Å². The highest BCUT2D eigenvalue weighted by molar-refractivity contribution is 7.12. The van der Waals surface area contributed by atoms with Crippen LogP contribution in [0.3, 0.4) is 0 Å². The van der Waals surface area contributed by atoms with Gasteiger partial charge in [0, 0.05) is 12.2 Å². The molecule has 1 aromatic heterocycles. The van der Waals surface area contributed by atoms with Gasteiger partial charge in [0.2, 0.25) is 5.91 Å². The zero-order valence-electron chi connectivity index (χ0n) is 15.5. The lowest BCUT2D eigenvalue weighted by molar-refractivity contribution is -0.120. The van der Waals surface area contributed by atoms with Crippen molar-refractivity contribution < 1.29 is 19.1 Å². The van der Waals surface area contributed by atoms with Crippen LogP contribution in [0.1, 0.15) is 36.0 Å². The molecule has 8 heteroatoms. The average Bonchev–Trinajstić information content (AvgIpc) is 3.12. The number of hydrogen-bond acceptors (Lipinski definition) is 5. The van der Waals surface area contributed by atoms with E-state index in [-0.39, 0.29) is 18.4 Å². The highest BCUT2D eigenvalue weighted by Crippen LogP contribution is 2.14. The van der Waals surface area contributed by atoms with Gasteiger partial charge in [-0.1, -0.05) is 18.2 Å². The van der Waals surface area contributed by atoms with E-state index < -0.39 is 11.7 Å². The van der Waals surface area contributed by atoms with Gasteiger partial charge in [-0.3, -0.25) is 9.59 Å². The van der Waals surface area contributed by atoms with Gasteiger partial charge in [-0.25, -0.2) is 4.79 Å². The van der Waals surface area contributed by atoms with Crippen LogP contribution in [0.2, 0.25) is 0 Å². The van der Waals surface area contributed by atoms with Gasteiger partial charge in [0.1, 0.15) is 12.1 Å². The Morgan fingerprint density at radius 1 is 1.04 bits per heavy atom. The predicted molar refractivity (Wildman–Crippen MR) is 105 cm³/mol. The van der Waals surface area contributed by atoms with Crippen LogP contribution >= 0.6 is 11.3 Å². The van der Waals surface area contributed by atoms with Crippen molar-refractivity contribution in [3.8, 4) is 0 Å². The topological polar surface area (TPSA) is 96.5 Å². The first-order valence-corrected chi connectivity index (χ1v) is 9.28. The summed E-state index contributed by atoms with van der Waals surface area (Å²) in [6.07, 6.45) is -0.636. The molecule has 144 valence electrons. The van der Waals surface area contributed by atoms with Crippen molar-refractivity contribution in [1.29, 1.82) is 0 Å². The number of ether oxygens (including phenoxy) is 1. The lowest BCUT2D eigenvalue weighted by Gasteiger charge is -2.19. The Kier molecular flexibility index (Phi) is 6.95. The minimum atomic E-state index is -0.636. The van der Waals surface area contributed by atoms with Crippen LogP contribution < -0.4 is 16.0 Å². The van der Waals surface area contributed by atoms with Gasteiger partial charge >= 0.3 is 6.09 Å². The van der Waals surface area contributed by atoms with E-state index in [0.717, 1.165) is 5.56 Å². The van der Waals surface area contributed by atoms with Gasteiger partial charge in [0.15, 0.2) is 0 Å². The second kappa shape index (κ2) is 9.18. The smallest absolute Gasteiger partial charge is 0.408 e. The SMILES string of the molecule is CC(C)(C)OC(=O)NCC(=O)NCc1ccc(NC(=O)c2cccs2)cc1. The average molecular weight is 389 g/mol. The van der Waals surface area contributed by atoms with Crippen LogP contribution in [0.4, 0.5) is 10.5 Å². The van der Waals surface area contributed by atoms with Crippen molar-refractivity contribution in [3.05, 3.63) is 52.2 Å². The first-order valence-electron chi connectivity index (χ1n) is 8.40. The second-order valence-electron chi connectivity index (χ2n) is 6.76. The molecule has 0 aliphatic carbocycles. The standard InChI is InChI=1S/C19H23N3O4S/c1-19(2,3)26-18(25)21-12-16(23)20-11-13-6-8-14(9-7-13)22-17(24)15-5-4-10-27-15/h4-10H,11-12H2,1-3H3,(H,20,23)(H,21,25)(H,22,24). The van der Waals surface area contributed by atoms with E-state index in [2.05, 4.69) is 16.0 Å². The van der Waals surface area contributed by atoms with E-state index in [1.54, 1.807) is 39.0 Å². The van der Waals surface area contributed by atoms with Gasteiger partial charge in [-0.05, 0) is 49.9 Å². The molecule has 2 rings (SSSR count). The molecule has 0 saturated heterocycles. The van der Waals surface area contributed by atoms with Crippen LogP contribution in [-0.2, 0) is 16.1 Å². The Labute approximate surface area is 162 Å². The molecule has 1 aromatic carbocycles. The molecular weight excluding hydrogens is 366 g/mol. The van der Waals surface area contributed by atoms with Crippen molar-refractivity contribution >= 4 is 34.9 Å². The van der Waals surface area contributed by atoms with Crippen molar-refractivity contribution in [3.63, 3.8) is 0 Å². The number of carbonyl (C=O) groups excluding carboxylic acids is 3. The number of amides is 3. The van der Waals surface area contributed by atoms with E-state index in [1.165, 1.54) is 11.3 Å². The lowest BCUT2D eigenvalue weighted by Crippen LogP contribution is -2.39. The van der Waals surface area contributed by atoms with Crippen molar-refractivity contribution in [2.45, 2.75) is 32.9 Å². The highest BCUT2D eigenvalue weighted by atomic mass is 32.1. The Morgan fingerprint density at radius 3 is 2.33 bits per heavy atom. The van der Waals surface area contributed by atoms with Gasteiger partial charge in [0.25, 0.3) is 5.91 Å². The molecule has 2 aromatic rings. The summed E-state index contributed by atoms with van der Waals surface area (Å²) < 4.78 is 5.06. The normalized spacial score (nSPS) is 10.8. The minimum absolute atomic E-state index is 0.153. The molecule has 0 spiro atoms. The number of carbonyl (C=O) groups is 3. The molecule has 0 atom stereocenters. The molecule has 0 fully saturated rings. The Bertz CT molecular complexity index is 780. The van der Waals surface area contributed by atoms with Crippen molar-refractivity contribution in [1.82, 2.24) is 10.6 Å². The maximum absolute atomic E-state index is 12.0. The largest absolute Gasteiger partial charge is 0.444 e. The Hall–Kier alpha value is -2.87. The van der Waals surface area contributed by atoms with Crippen LogP contribution in [0.5, 0.6) is 0 Å². The summed E-state index contributed by atoms with van der Waals surface area (Å²) >= 11 is 1.38. The number of rotatable bonds is 6. The summed E-state index contributed by atoms with van der Waals surface area (Å²) in [7, 11) is 0. The third-order valence-corrected chi connectivity index (χ3v) is 4.11. The number of nitrogens with one attached hydrogen (secondary N) is 3. The number of alkyl carbamates (subject to hydrolysis) is 1. The summed E-state index contributed by atoms with van der Waals surface area (Å²) in [5.41, 5.74) is 0.936. The molecule has 3 N–H and O–H groups in total. The lowest BCUT2D eigenvalue weighted by atomic mass is 10.2. The fourth-order valence-corrected chi connectivity index (χ4v) is 2.66. The molecule has 27 heavy (non-hydrogen) atoms. The molecule has 0 saturated carbocycles. The van der Waals surface area contributed by atoms with E-state index in [1.807, 2.05) is 23.6 Å². The molecule has 0 radical (unpaired) electrons. The van der Waals surface area contributed by atoms with E-state index >= 15 is 0 Å². The molecule has 7 nitrogen and oxygen atoms in total. The summed E-state index contributed by atoms with van der Waals surface area (Å²) in [4.78, 5) is 35.9. The minimum Gasteiger partial charge on any atom is -0.444 e. The number of thiophene rings is 1. The molecule has 1 heterocycles. The van der Waals surface area contributed by atoms with Crippen LogP contribution in [0.15, 0.2) is 41.8 Å². The molecule has 3 amide bonds. The number of anilines is 1. The van der Waals surface area contributed by atoms with Crippen molar-refractivity contribution in [2.75, 3.05) is 11.9 Å². The maximum Gasteiger partial charge on any atom is 0.408 e. The monoisotopic (exact) mass is 389 g/mol. The fourth-order valence-electron chi connectivity index (χ4n) is 2.04. The predicted octanol–water partition coefficient (Wildman–Crippen LogP) is 3.14. The van der Waals surface area contributed by atoms with Crippen LogP contribution in [-0.4, -0.2) is 30.1 Å². The zero-order chi connectivity index (χ0) is 19.9. The first-order chi connectivity index (χ1) is 12.7. The highest BCUT2D eigenvalue weighted by Gasteiger charge is 2.16. The molecule has 0 aliphatic heterocycles. The molecule has 0 aliphatic rings. The first kappa shape index (κ1) is 20.4. The van der Waals surface area contributed by atoms with Gasteiger partial charge in [-0.2, -0.15) is 0 Å². The quantitative estimate of drug-likeness (QED) is 0.707.